The van der Waals surface area contributed by atoms with E-state index in [-0.39, 0.29) is 12.1 Å². The van der Waals surface area contributed by atoms with Crippen LogP contribution < -0.4 is 0 Å². The standard InChI is InChI=1S/C48H92O4/c1-3-5-7-8-9-10-11-12-13-14-15-16-17-18-22-25-28-31-34-37-41-45-48(51)52-46(42-38-6-4-2)43-39-35-32-29-26-23-20-19-21-24-27-30-33-36-40-44-47(49)50/h12-13,46H,3-11,14-45H2,1-2H3,(H,49,50)/b13-12-. The van der Waals surface area contributed by atoms with Crippen molar-refractivity contribution in [1.82, 2.24) is 0 Å². The average molecular weight is 733 g/mol. The number of hydrogen-bond acceptors (Lipinski definition) is 3. The monoisotopic (exact) mass is 733 g/mol. The molecule has 0 fully saturated rings. The molecule has 0 aliphatic carbocycles. The van der Waals surface area contributed by atoms with Crippen LogP contribution in [0.15, 0.2) is 12.2 Å². The van der Waals surface area contributed by atoms with E-state index in [2.05, 4.69) is 26.0 Å². The van der Waals surface area contributed by atoms with Crippen molar-refractivity contribution in [2.45, 2.75) is 283 Å². The summed E-state index contributed by atoms with van der Waals surface area (Å²) in [6.07, 6.45) is 55.9. The maximum atomic E-state index is 12.6. The molecule has 0 saturated heterocycles. The topological polar surface area (TPSA) is 63.6 Å². The molecular formula is C48H92O4. The van der Waals surface area contributed by atoms with Crippen LogP contribution in [0.25, 0.3) is 0 Å². The molecule has 0 saturated carbocycles. The third kappa shape index (κ3) is 43.1. The fourth-order valence-electron chi connectivity index (χ4n) is 7.48. The van der Waals surface area contributed by atoms with E-state index in [9.17, 15) is 9.59 Å². The molecule has 0 rings (SSSR count). The number of carbonyl (C=O) groups is 2. The number of carboxylic acid groups (broad SMARTS) is 1. The number of rotatable bonds is 44. The van der Waals surface area contributed by atoms with Crippen LogP contribution in [-0.2, 0) is 14.3 Å². The second kappa shape index (κ2) is 44.1. The van der Waals surface area contributed by atoms with E-state index in [0.717, 1.165) is 32.1 Å². The maximum Gasteiger partial charge on any atom is 0.306 e. The number of ether oxygens (including phenoxy) is 1. The van der Waals surface area contributed by atoms with Gasteiger partial charge in [-0.05, 0) is 64.2 Å². The third-order valence-corrected chi connectivity index (χ3v) is 11.0. The van der Waals surface area contributed by atoms with Crippen LogP contribution in [0.2, 0.25) is 0 Å². The highest BCUT2D eigenvalue weighted by molar-refractivity contribution is 5.69. The Morgan fingerprint density at radius 1 is 0.404 bits per heavy atom. The van der Waals surface area contributed by atoms with Crippen molar-refractivity contribution in [2.75, 3.05) is 0 Å². The third-order valence-electron chi connectivity index (χ3n) is 11.0. The predicted octanol–water partition coefficient (Wildman–Crippen LogP) is 16.6. The van der Waals surface area contributed by atoms with Crippen LogP contribution in [0.1, 0.15) is 277 Å². The predicted molar refractivity (Wildman–Crippen MR) is 227 cm³/mol. The Bertz CT molecular complexity index is 747. The number of unbranched alkanes of at least 4 members (excludes halogenated alkanes) is 33. The lowest BCUT2D eigenvalue weighted by molar-refractivity contribution is -0.150. The lowest BCUT2D eigenvalue weighted by Gasteiger charge is -2.18. The zero-order chi connectivity index (χ0) is 37.8. The molecule has 0 aliphatic heterocycles. The molecule has 0 bridgehead atoms. The van der Waals surface area contributed by atoms with E-state index in [1.54, 1.807) is 0 Å². The molecule has 1 atom stereocenters. The van der Waals surface area contributed by atoms with Gasteiger partial charge in [0.1, 0.15) is 6.10 Å². The summed E-state index contributed by atoms with van der Waals surface area (Å²) in [4.78, 5) is 23.2. The first kappa shape index (κ1) is 50.7. The second-order valence-electron chi connectivity index (χ2n) is 16.3. The van der Waals surface area contributed by atoms with Crippen LogP contribution >= 0.6 is 0 Å². The second-order valence-corrected chi connectivity index (χ2v) is 16.3. The van der Waals surface area contributed by atoms with Gasteiger partial charge in [0.25, 0.3) is 0 Å². The molecule has 0 radical (unpaired) electrons. The molecule has 4 nitrogen and oxygen atoms in total. The van der Waals surface area contributed by atoms with Gasteiger partial charge in [0.05, 0.1) is 0 Å². The van der Waals surface area contributed by atoms with Crippen molar-refractivity contribution in [3.05, 3.63) is 12.2 Å². The number of aliphatic carboxylic acids is 1. The SMILES string of the molecule is CCCCCCCC/C=C\CCCCCCCCCCCCCC(=O)OC(CCCCC)CCCCCCCCCCCCCCCCCC(=O)O. The average Bonchev–Trinajstić information content (AvgIpc) is 3.13. The van der Waals surface area contributed by atoms with Gasteiger partial charge in [0.2, 0.25) is 0 Å². The van der Waals surface area contributed by atoms with Crippen molar-refractivity contribution in [2.24, 2.45) is 0 Å². The molecule has 0 aromatic rings. The summed E-state index contributed by atoms with van der Waals surface area (Å²) < 4.78 is 6.01. The van der Waals surface area contributed by atoms with E-state index in [0.29, 0.717) is 12.8 Å². The lowest BCUT2D eigenvalue weighted by atomic mass is 10.0. The summed E-state index contributed by atoms with van der Waals surface area (Å²) in [5.41, 5.74) is 0. The first-order valence-corrected chi connectivity index (χ1v) is 23.7. The zero-order valence-corrected chi connectivity index (χ0v) is 35.4. The minimum absolute atomic E-state index is 0.0468. The van der Waals surface area contributed by atoms with Crippen LogP contribution in [0, 0.1) is 0 Å². The van der Waals surface area contributed by atoms with Crippen LogP contribution in [-0.4, -0.2) is 23.1 Å². The maximum absolute atomic E-state index is 12.6. The quantitative estimate of drug-likeness (QED) is 0.0385. The molecular weight excluding hydrogens is 641 g/mol. The van der Waals surface area contributed by atoms with E-state index < -0.39 is 5.97 Å². The molecule has 0 aromatic heterocycles. The molecule has 0 aromatic carbocycles. The van der Waals surface area contributed by atoms with Crippen molar-refractivity contribution >= 4 is 11.9 Å². The molecule has 0 amide bonds. The summed E-state index contributed by atoms with van der Waals surface area (Å²) in [5.74, 6) is -0.616. The molecule has 308 valence electrons. The van der Waals surface area contributed by atoms with Crippen molar-refractivity contribution in [1.29, 1.82) is 0 Å². The van der Waals surface area contributed by atoms with E-state index in [1.807, 2.05) is 0 Å². The van der Waals surface area contributed by atoms with Gasteiger partial charge in [0.15, 0.2) is 0 Å². The number of allylic oxidation sites excluding steroid dienone is 2. The van der Waals surface area contributed by atoms with Crippen LogP contribution in [0.4, 0.5) is 0 Å². The van der Waals surface area contributed by atoms with Crippen LogP contribution in [0.3, 0.4) is 0 Å². The van der Waals surface area contributed by atoms with Crippen molar-refractivity contribution < 1.29 is 19.4 Å². The highest BCUT2D eigenvalue weighted by Gasteiger charge is 2.14. The van der Waals surface area contributed by atoms with Gasteiger partial charge in [0, 0.05) is 12.8 Å². The first-order chi connectivity index (χ1) is 25.6. The van der Waals surface area contributed by atoms with Gasteiger partial charge < -0.3 is 9.84 Å². The van der Waals surface area contributed by atoms with Gasteiger partial charge in [-0.25, -0.2) is 0 Å². The minimum atomic E-state index is -0.662. The molecule has 0 heterocycles. The van der Waals surface area contributed by atoms with Gasteiger partial charge in [-0.15, -0.1) is 0 Å². The fraction of sp³-hybridized carbons (Fsp3) is 0.917. The summed E-state index contributed by atoms with van der Waals surface area (Å²) in [7, 11) is 0. The Labute approximate surface area is 325 Å². The first-order valence-electron chi connectivity index (χ1n) is 23.7. The van der Waals surface area contributed by atoms with E-state index in [1.165, 1.54) is 218 Å². The minimum Gasteiger partial charge on any atom is -0.481 e. The van der Waals surface area contributed by atoms with Gasteiger partial charge in [-0.1, -0.05) is 212 Å². The van der Waals surface area contributed by atoms with E-state index >= 15 is 0 Å². The van der Waals surface area contributed by atoms with Crippen molar-refractivity contribution in [3.63, 3.8) is 0 Å². The summed E-state index contributed by atoms with van der Waals surface area (Å²) in [6, 6.07) is 0. The summed E-state index contributed by atoms with van der Waals surface area (Å²) in [5, 5.41) is 8.69. The van der Waals surface area contributed by atoms with Gasteiger partial charge in [-0.3, -0.25) is 9.59 Å². The van der Waals surface area contributed by atoms with Crippen molar-refractivity contribution in [3.8, 4) is 0 Å². The lowest BCUT2D eigenvalue weighted by Crippen LogP contribution is -2.18. The Balaban J connectivity index is 3.62. The van der Waals surface area contributed by atoms with Gasteiger partial charge in [-0.2, -0.15) is 0 Å². The zero-order valence-electron chi connectivity index (χ0n) is 35.4. The molecule has 1 unspecified atom stereocenters. The van der Waals surface area contributed by atoms with Crippen LogP contribution in [0.5, 0.6) is 0 Å². The van der Waals surface area contributed by atoms with Gasteiger partial charge >= 0.3 is 11.9 Å². The molecule has 0 aliphatic rings. The number of carboxylic acids is 1. The highest BCUT2D eigenvalue weighted by Crippen LogP contribution is 2.19. The number of esters is 1. The molecule has 1 N–H and O–H groups in total. The Morgan fingerprint density at radius 3 is 1.08 bits per heavy atom. The summed E-state index contributed by atoms with van der Waals surface area (Å²) in [6.45, 7) is 4.53. The highest BCUT2D eigenvalue weighted by atomic mass is 16.5. The Kier molecular flexibility index (Phi) is 43.0. The normalized spacial score (nSPS) is 12.2. The molecule has 4 heteroatoms. The Morgan fingerprint density at radius 2 is 0.692 bits per heavy atom. The number of hydrogen-bond donors (Lipinski definition) is 1. The number of carbonyl (C=O) groups excluding carboxylic acids is 1. The fourth-order valence-corrected chi connectivity index (χ4v) is 7.48. The summed E-state index contributed by atoms with van der Waals surface area (Å²) >= 11 is 0. The molecule has 52 heavy (non-hydrogen) atoms. The largest absolute Gasteiger partial charge is 0.481 e. The smallest absolute Gasteiger partial charge is 0.306 e. The Hall–Kier alpha value is -1.32. The molecule has 0 spiro atoms. The van der Waals surface area contributed by atoms with E-state index in [4.69, 9.17) is 9.84 Å².